The topological polar surface area (TPSA) is 37.4 Å². The monoisotopic (exact) mass is 219 g/mol. The van der Waals surface area contributed by atoms with Crippen molar-refractivity contribution in [3.05, 3.63) is 12.2 Å². The SMILES string of the molecule is CC(C)CN1C(=O)[C@@H]2[C@H](C1=O)[C@H]1C=C[C@H]2C1. The zero-order chi connectivity index (χ0) is 11.4. The van der Waals surface area contributed by atoms with Gasteiger partial charge < -0.3 is 0 Å². The number of imide groups is 1. The zero-order valence-corrected chi connectivity index (χ0v) is 9.72. The summed E-state index contributed by atoms with van der Waals surface area (Å²) in [4.78, 5) is 25.9. The lowest BCUT2D eigenvalue weighted by Crippen LogP contribution is -2.35. The Balaban J connectivity index is 1.89. The van der Waals surface area contributed by atoms with E-state index in [9.17, 15) is 9.59 Å². The van der Waals surface area contributed by atoms with Crippen molar-refractivity contribution in [3.63, 3.8) is 0 Å². The van der Waals surface area contributed by atoms with Gasteiger partial charge in [0.1, 0.15) is 0 Å². The molecule has 16 heavy (non-hydrogen) atoms. The highest BCUT2D eigenvalue weighted by atomic mass is 16.2. The Bertz CT molecular complexity index is 355. The highest BCUT2D eigenvalue weighted by Crippen LogP contribution is 2.52. The molecule has 2 amide bonds. The van der Waals surface area contributed by atoms with Crippen LogP contribution in [0.25, 0.3) is 0 Å². The summed E-state index contributed by atoms with van der Waals surface area (Å²) in [6.07, 6.45) is 5.29. The first-order valence-electron chi connectivity index (χ1n) is 6.13. The summed E-state index contributed by atoms with van der Waals surface area (Å²) < 4.78 is 0. The fraction of sp³-hybridized carbons (Fsp3) is 0.692. The molecular formula is C13H17NO2. The van der Waals surface area contributed by atoms with Crippen molar-refractivity contribution in [3.8, 4) is 0 Å². The quantitative estimate of drug-likeness (QED) is 0.520. The van der Waals surface area contributed by atoms with E-state index in [4.69, 9.17) is 0 Å². The third-order valence-electron chi connectivity index (χ3n) is 4.11. The molecule has 1 saturated carbocycles. The Morgan fingerprint density at radius 2 is 1.69 bits per heavy atom. The molecule has 3 heteroatoms. The van der Waals surface area contributed by atoms with Crippen molar-refractivity contribution in [2.75, 3.05) is 6.54 Å². The first-order valence-corrected chi connectivity index (χ1v) is 6.13. The van der Waals surface area contributed by atoms with Gasteiger partial charge in [-0.1, -0.05) is 26.0 Å². The van der Waals surface area contributed by atoms with Crippen molar-refractivity contribution in [1.29, 1.82) is 0 Å². The zero-order valence-electron chi connectivity index (χ0n) is 9.72. The van der Waals surface area contributed by atoms with Crippen LogP contribution >= 0.6 is 0 Å². The van der Waals surface area contributed by atoms with Crippen molar-refractivity contribution >= 4 is 11.8 Å². The van der Waals surface area contributed by atoms with Crippen LogP contribution in [0.1, 0.15) is 20.3 Å². The second kappa shape index (κ2) is 3.19. The smallest absolute Gasteiger partial charge is 0.233 e. The van der Waals surface area contributed by atoms with E-state index in [-0.39, 0.29) is 23.7 Å². The predicted molar refractivity (Wildman–Crippen MR) is 59.3 cm³/mol. The standard InChI is InChI=1S/C13H17NO2/c1-7(2)6-14-12(15)10-8-3-4-9(5-8)11(10)13(14)16/h3-4,7-11H,5-6H2,1-2H3/t8-,9-,10-,11+/m0/s1. The van der Waals surface area contributed by atoms with Crippen LogP contribution in [0.4, 0.5) is 0 Å². The normalized spacial score (nSPS) is 40.3. The molecule has 2 aliphatic carbocycles. The van der Waals surface area contributed by atoms with Gasteiger partial charge in [0.25, 0.3) is 0 Å². The maximum Gasteiger partial charge on any atom is 0.233 e. The number of rotatable bonds is 2. The lowest BCUT2D eigenvalue weighted by Gasteiger charge is -2.18. The molecule has 1 saturated heterocycles. The molecule has 0 N–H and O–H groups in total. The Morgan fingerprint density at radius 1 is 1.19 bits per heavy atom. The van der Waals surface area contributed by atoms with Crippen molar-refractivity contribution in [2.45, 2.75) is 20.3 Å². The fourth-order valence-electron chi connectivity index (χ4n) is 3.51. The van der Waals surface area contributed by atoms with Crippen LogP contribution in [0, 0.1) is 29.6 Å². The van der Waals surface area contributed by atoms with E-state index in [2.05, 4.69) is 12.2 Å². The van der Waals surface area contributed by atoms with Gasteiger partial charge >= 0.3 is 0 Å². The minimum absolute atomic E-state index is 0.0266. The van der Waals surface area contributed by atoms with Crippen LogP contribution < -0.4 is 0 Å². The second-order valence-electron chi connectivity index (χ2n) is 5.68. The molecule has 0 spiro atoms. The number of hydrogen-bond donors (Lipinski definition) is 0. The van der Waals surface area contributed by atoms with Gasteiger partial charge in [0.2, 0.25) is 11.8 Å². The van der Waals surface area contributed by atoms with Gasteiger partial charge in [-0.25, -0.2) is 0 Å². The van der Waals surface area contributed by atoms with Gasteiger partial charge in [0, 0.05) is 6.54 Å². The summed E-state index contributed by atoms with van der Waals surface area (Å²) in [7, 11) is 0. The van der Waals surface area contributed by atoms with Crippen LogP contribution in [-0.4, -0.2) is 23.3 Å². The van der Waals surface area contributed by atoms with Crippen LogP contribution in [0.2, 0.25) is 0 Å². The van der Waals surface area contributed by atoms with E-state index in [1.165, 1.54) is 4.90 Å². The first kappa shape index (κ1) is 10.1. The van der Waals surface area contributed by atoms with Gasteiger partial charge in [0.05, 0.1) is 11.8 Å². The number of carbonyl (C=O) groups is 2. The summed E-state index contributed by atoms with van der Waals surface area (Å²) >= 11 is 0. The minimum atomic E-state index is -0.0266. The van der Waals surface area contributed by atoms with E-state index < -0.39 is 0 Å². The highest BCUT2D eigenvalue weighted by Gasteiger charge is 2.58. The van der Waals surface area contributed by atoms with E-state index in [0.717, 1.165) is 6.42 Å². The van der Waals surface area contributed by atoms with Gasteiger partial charge in [-0.05, 0) is 24.2 Å². The minimum Gasteiger partial charge on any atom is -0.282 e. The average molecular weight is 219 g/mol. The van der Waals surface area contributed by atoms with Crippen LogP contribution in [0.5, 0.6) is 0 Å². The third-order valence-corrected chi connectivity index (χ3v) is 4.11. The van der Waals surface area contributed by atoms with E-state index in [1.54, 1.807) is 0 Å². The van der Waals surface area contributed by atoms with Crippen LogP contribution in [-0.2, 0) is 9.59 Å². The molecule has 86 valence electrons. The van der Waals surface area contributed by atoms with Crippen molar-refractivity contribution in [2.24, 2.45) is 29.6 Å². The molecule has 0 aromatic carbocycles. The van der Waals surface area contributed by atoms with Crippen LogP contribution in [0.3, 0.4) is 0 Å². The summed E-state index contributed by atoms with van der Waals surface area (Å²) in [6.45, 7) is 4.67. The molecule has 2 fully saturated rings. The number of fused-ring (bicyclic) bond motifs is 5. The molecule has 4 atom stereocenters. The molecule has 3 rings (SSSR count). The maximum absolute atomic E-state index is 12.2. The summed E-state index contributed by atoms with van der Waals surface area (Å²) in [6, 6.07) is 0. The number of nitrogens with zero attached hydrogens (tertiary/aromatic N) is 1. The number of carbonyl (C=O) groups excluding carboxylic acids is 2. The highest BCUT2D eigenvalue weighted by molar-refractivity contribution is 6.06. The molecule has 1 heterocycles. The van der Waals surface area contributed by atoms with Gasteiger partial charge in [-0.3, -0.25) is 14.5 Å². The summed E-state index contributed by atoms with van der Waals surface area (Å²) in [5.41, 5.74) is 0. The van der Waals surface area contributed by atoms with Gasteiger partial charge in [-0.2, -0.15) is 0 Å². The molecule has 0 unspecified atom stereocenters. The lowest BCUT2D eigenvalue weighted by atomic mass is 9.85. The van der Waals surface area contributed by atoms with Crippen LogP contribution in [0.15, 0.2) is 12.2 Å². The fourth-order valence-corrected chi connectivity index (χ4v) is 3.51. The average Bonchev–Trinajstić information content (AvgIpc) is 2.87. The van der Waals surface area contributed by atoms with Crippen molar-refractivity contribution in [1.82, 2.24) is 4.90 Å². The number of hydrogen-bond acceptors (Lipinski definition) is 2. The molecule has 0 radical (unpaired) electrons. The predicted octanol–water partition coefficient (Wildman–Crippen LogP) is 1.45. The van der Waals surface area contributed by atoms with Gasteiger partial charge in [-0.15, -0.1) is 0 Å². The van der Waals surface area contributed by atoms with E-state index in [1.807, 2.05) is 13.8 Å². The Kier molecular flexibility index (Phi) is 2.00. The summed E-state index contributed by atoms with van der Waals surface area (Å²) in [5.74, 6) is 1.15. The Hall–Kier alpha value is -1.12. The molecule has 0 aromatic rings. The number of amides is 2. The number of likely N-dealkylation sites (tertiary alicyclic amines) is 1. The van der Waals surface area contributed by atoms with Gasteiger partial charge in [0.15, 0.2) is 0 Å². The summed E-state index contributed by atoms with van der Waals surface area (Å²) in [5, 5.41) is 0. The van der Waals surface area contributed by atoms with E-state index in [0.29, 0.717) is 24.3 Å². The third kappa shape index (κ3) is 1.14. The molecular weight excluding hydrogens is 202 g/mol. The second-order valence-corrected chi connectivity index (χ2v) is 5.68. The van der Waals surface area contributed by atoms with E-state index >= 15 is 0 Å². The first-order chi connectivity index (χ1) is 7.59. The Labute approximate surface area is 95.5 Å². The Morgan fingerprint density at radius 3 is 2.12 bits per heavy atom. The molecule has 0 aromatic heterocycles. The molecule has 3 nitrogen and oxygen atoms in total. The van der Waals surface area contributed by atoms with Crippen molar-refractivity contribution < 1.29 is 9.59 Å². The number of allylic oxidation sites excluding steroid dienone is 2. The lowest BCUT2D eigenvalue weighted by molar-refractivity contribution is -0.141. The molecule has 2 bridgehead atoms. The molecule has 1 aliphatic heterocycles. The largest absolute Gasteiger partial charge is 0.282 e. The molecule has 3 aliphatic rings. The maximum atomic E-state index is 12.2.